The molecule has 0 unspecified atom stereocenters. The van der Waals surface area contributed by atoms with E-state index in [2.05, 4.69) is 20.8 Å². The summed E-state index contributed by atoms with van der Waals surface area (Å²) in [7, 11) is 1.63. The molecule has 12 nitrogen and oxygen atoms in total. The van der Waals surface area contributed by atoms with Crippen molar-refractivity contribution in [3.63, 3.8) is 0 Å². The highest BCUT2D eigenvalue weighted by atomic mass is 16.6. The van der Waals surface area contributed by atoms with E-state index in [-0.39, 0.29) is 42.5 Å². The lowest BCUT2D eigenvalue weighted by Crippen LogP contribution is -2.25. The quantitative estimate of drug-likeness (QED) is 0.427. The fourth-order valence-electron chi connectivity index (χ4n) is 2.67. The second-order valence-corrected chi connectivity index (χ2v) is 6.22. The molecule has 0 radical (unpaired) electrons. The van der Waals surface area contributed by atoms with Crippen LogP contribution in [0, 0.1) is 17.0 Å². The SMILES string of the molecule is Cc1c([N+](=O)[O-])cnn1CCC(=O)Nc1cn(C)nc1C(=O)NCc1ccco1. The molecule has 0 aliphatic carbocycles. The Morgan fingerprint density at radius 1 is 1.38 bits per heavy atom. The maximum absolute atomic E-state index is 12.4. The third kappa shape index (κ3) is 4.66. The first-order valence-corrected chi connectivity index (χ1v) is 8.66. The fraction of sp³-hybridized carbons (Fsp3) is 0.294. The summed E-state index contributed by atoms with van der Waals surface area (Å²) in [5, 5.41) is 24.2. The normalized spacial score (nSPS) is 10.7. The Bertz CT molecular complexity index is 1030. The van der Waals surface area contributed by atoms with Gasteiger partial charge in [-0.3, -0.25) is 29.1 Å². The van der Waals surface area contributed by atoms with Crippen molar-refractivity contribution >= 4 is 23.2 Å². The molecule has 3 heterocycles. The average Bonchev–Trinajstić information content (AvgIpc) is 3.39. The fourth-order valence-corrected chi connectivity index (χ4v) is 2.67. The molecule has 2 N–H and O–H groups in total. The van der Waals surface area contributed by atoms with E-state index in [4.69, 9.17) is 4.42 Å². The molecular formula is C17H19N7O5. The van der Waals surface area contributed by atoms with Crippen molar-refractivity contribution in [2.75, 3.05) is 5.32 Å². The minimum atomic E-state index is -0.526. The van der Waals surface area contributed by atoms with Crippen LogP contribution in [0.1, 0.15) is 28.4 Å². The van der Waals surface area contributed by atoms with Crippen LogP contribution in [-0.4, -0.2) is 36.3 Å². The number of carbonyl (C=O) groups is 2. The molecule has 12 heteroatoms. The summed E-state index contributed by atoms with van der Waals surface area (Å²) >= 11 is 0. The molecular weight excluding hydrogens is 382 g/mol. The minimum Gasteiger partial charge on any atom is -0.467 e. The van der Waals surface area contributed by atoms with Gasteiger partial charge in [0.2, 0.25) is 5.91 Å². The predicted octanol–water partition coefficient (Wildman–Crippen LogP) is 1.39. The molecule has 3 aromatic rings. The van der Waals surface area contributed by atoms with E-state index in [9.17, 15) is 19.7 Å². The Morgan fingerprint density at radius 2 is 2.17 bits per heavy atom. The van der Waals surface area contributed by atoms with Crippen molar-refractivity contribution in [2.45, 2.75) is 26.4 Å². The molecule has 0 saturated heterocycles. The maximum atomic E-state index is 12.4. The second-order valence-electron chi connectivity index (χ2n) is 6.22. The summed E-state index contributed by atoms with van der Waals surface area (Å²) in [5.74, 6) is -0.255. The van der Waals surface area contributed by atoms with Crippen LogP contribution in [0.3, 0.4) is 0 Å². The standard InChI is InChI=1S/C17H19N7O5/c1-11-14(24(27)28)9-19-23(11)6-5-15(25)20-13-10-22(2)21-16(13)17(26)18-8-12-4-3-7-29-12/h3-4,7,9-10H,5-6,8H2,1-2H3,(H,18,26)(H,20,25). The third-order valence-electron chi connectivity index (χ3n) is 4.15. The van der Waals surface area contributed by atoms with Crippen LogP contribution in [0.15, 0.2) is 35.2 Å². The number of carbonyl (C=O) groups excluding carboxylic acids is 2. The van der Waals surface area contributed by atoms with Gasteiger partial charge in [0.25, 0.3) is 5.91 Å². The number of aromatic nitrogens is 4. The summed E-state index contributed by atoms with van der Waals surface area (Å²) in [4.78, 5) is 35.0. The lowest BCUT2D eigenvalue weighted by molar-refractivity contribution is -0.385. The Balaban J connectivity index is 1.60. The molecule has 3 aromatic heterocycles. The smallest absolute Gasteiger partial charge is 0.309 e. The van der Waals surface area contributed by atoms with E-state index in [1.807, 2.05) is 0 Å². The van der Waals surface area contributed by atoms with E-state index >= 15 is 0 Å². The van der Waals surface area contributed by atoms with Crippen LogP contribution in [0.2, 0.25) is 0 Å². The van der Waals surface area contributed by atoms with Crippen molar-refractivity contribution < 1.29 is 18.9 Å². The molecule has 2 amide bonds. The van der Waals surface area contributed by atoms with Crippen LogP contribution < -0.4 is 10.6 Å². The summed E-state index contributed by atoms with van der Waals surface area (Å²) in [6.07, 6.45) is 4.19. The molecule has 0 bridgehead atoms. The molecule has 3 rings (SSSR count). The topological polar surface area (TPSA) is 150 Å². The van der Waals surface area contributed by atoms with Gasteiger partial charge in [-0.05, 0) is 19.1 Å². The van der Waals surface area contributed by atoms with Crippen LogP contribution in [0.4, 0.5) is 11.4 Å². The van der Waals surface area contributed by atoms with Gasteiger partial charge in [0, 0.05) is 19.7 Å². The van der Waals surface area contributed by atoms with Gasteiger partial charge in [0.05, 0.1) is 30.0 Å². The van der Waals surface area contributed by atoms with E-state index in [0.717, 1.165) is 6.20 Å². The summed E-state index contributed by atoms with van der Waals surface area (Å²) in [6, 6.07) is 3.44. The summed E-state index contributed by atoms with van der Waals surface area (Å²) < 4.78 is 7.96. The molecule has 0 aromatic carbocycles. The van der Waals surface area contributed by atoms with Crippen LogP contribution in [0.5, 0.6) is 0 Å². The molecule has 0 spiro atoms. The van der Waals surface area contributed by atoms with Gasteiger partial charge in [-0.15, -0.1) is 0 Å². The number of nitrogens with one attached hydrogen (secondary N) is 2. The van der Waals surface area contributed by atoms with Crippen molar-refractivity contribution in [3.05, 3.63) is 58.1 Å². The maximum Gasteiger partial charge on any atom is 0.309 e. The zero-order valence-corrected chi connectivity index (χ0v) is 15.8. The number of hydrogen-bond acceptors (Lipinski definition) is 7. The lowest BCUT2D eigenvalue weighted by Gasteiger charge is -2.07. The predicted molar refractivity (Wildman–Crippen MR) is 100.0 cm³/mol. The average molecular weight is 401 g/mol. The van der Waals surface area contributed by atoms with Gasteiger partial charge in [0.15, 0.2) is 5.69 Å². The number of anilines is 1. The molecule has 29 heavy (non-hydrogen) atoms. The Morgan fingerprint density at radius 3 is 2.83 bits per heavy atom. The number of amides is 2. The summed E-state index contributed by atoms with van der Waals surface area (Å²) in [6.45, 7) is 1.91. The number of hydrogen-bond donors (Lipinski definition) is 2. The minimum absolute atomic E-state index is 0.0159. The van der Waals surface area contributed by atoms with Gasteiger partial charge in [-0.25, -0.2) is 0 Å². The van der Waals surface area contributed by atoms with Crippen molar-refractivity contribution in [2.24, 2.45) is 7.05 Å². The van der Waals surface area contributed by atoms with E-state index in [1.54, 1.807) is 26.1 Å². The van der Waals surface area contributed by atoms with Crippen LogP contribution >= 0.6 is 0 Å². The third-order valence-corrected chi connectivity index (χ3v) is 4.15. The first kappa shape index (κ1) is 19.8. The molecule has 0 atom stereocenters. The highest BCUT2D eigenvalue weighted by Gasteiger charge is 2.20. The van der Waals surface area contributed by atoms with E-state index in [0.29, 0.717) is 11.5 Å². The van der Waals surface area contributed by atoms with Crippen molar-refractivity contribution in [1.29, 1.82) is 0 Å². The zero-order valence-electron chi connectivity index (χ0n) is 15.8. The van der Waals surface area contributed by atoms with Gasteiger partial charge in [-0.1, -0.05) is 0 Å². The Labute approximate surface area is 164 Å². The number of aryl methyl sites for hydroxylation is 2. The van der Waals surface area contributed by atoms with Crippen molar-refractivity contribution in [3.8, 4) is 0 Å². The summed E-state index contributed by atoms with van der Waals surface area (Å²) in [5.41, 5.74) is 0.589. The number of rotatable bonds is 8. The number of nitrogens with zero attached hydrogens (tertiary/aromatic N) is 5. The number of nitro groups is 1. The van der Waals surface area contributed by atoms with Crippen LogP contribution in [0.25, 0.3) is 0 Å². The molecule has 0 aliphatic rings. The van der Waals surface area contributed by atoms with E-state index in [1.165, 1.54) is 21.8 Å². The van der Waals surface area contributed by atoms with Gasteiger partial charge >= 0.3 is 5.69 Å². The molecule has 0 saturated carbocycles. The monoisotopic (exact) mass is 401 g/mol. The molecule has 152 valence electrons. The van der Waals surface area contributed by atoms with Crippen molar-refractivity contribution in [1.82, 2.24) is 24.9 Å². The first-order chi connectivity index (χ1) is 13.8. The van der Waals surface area contributed by atoms with Gasteiger partial charge in [-0.2, -0.15) is 10.2 Å². The zero-order chi connectivity index (χ0) is 21.0. The number of furan rings is 1. The first-order valence-electron chi connectivity index (χ1n) is 8.66. The largest absolute Gasteiger partial charge is 0.467 e. The molecule has 0 aliphatic heterocycles. The lowest BCUT2D eigenvalue weighted by atomic mass is 10.3. The Kier molecular flexibility index (Phi) is 5.71. The highest BCUT2D eigenvalue weighted by Crippen LogP contribution is 2.17. The van der Waals surface area contributed by atoms with E-state index < -0.39 is 10.8 Å². The Hall–Kier alpha value is -3.96. The second kappa shape index (κ2) is 8.37. The van der Waals surface area contributed by atoms with Gasteiger partial charge < -0.3 is 15.1 Å². The molecule has 0 fully saturated rings. The van der Waals surface area contributed by atoms with Gasteiger partial charge in [0.1, 0.15) is 17.7 Å². The van der Waals surface area contributed by atoms with Crippen LogP contribution in [-0.2, 0) is 24.9 Å². The highest BCUT2D eigenvalue weighted by molar-refractivity contribution is 6.02.